The first-order valence-electron chi connectivity index (χ1n) is 7.80. The minimum atomic E-state index is -0.428. The van der Waals surface area contributed by atoms with Crippen LogP contribution in [0, 0.1) is 11.7 Å². The van der Waals surface area contributed by atoms with E-state index in [4.69, 9.17) is 5.73 Å². The predicted molar refractivity (Wildman–Crippen MR) is 81.5 cm³/mol. The molecule has 114 valence electrons. The van der Waals surface area contributed by atoms with Gasteiger partial charge in [-0.1, -0.05) is 0 Å². The predicted octanol–water partition coefficient (Wildman–Crippen LogP) is 1.41. The quantitative estimate of drug-likeness (QED) is 0.911. The molecular weight excluding hydrogens is 283 g/mol. The summed E-state index contributed by atoms with van der Waals surface area (Å²) in [6, 6.07) is 3.23. The fourth-order valence-corrected chi connectivity index (χ4v) is 3.71. The number of rotatable bonds is 2. The minimum Gasteiger partial charge on any atom is -0.352 e. The van der Waals surface area contributed by atoms with Gasteiger partial charge in [-0.05, 0) is 31.2 Å². The molecule has 2 atom stereocenters. The summed E-state index contributed by atoms with van der Waals surface area (Å²) >= 11 is 0. The number of fused-ring (bicyclic) bond motifs is 2. The maximum absolute atomic E-state index is 14.5. The van der Waals surface area contributed by atoms with Crippen LogP contribution in [0.1, 0.15) is 25.3 Å². The molecule has 2 aromatic rings. The minimum absolute atomic E-state index is 0.157. The number of hydrogen-bond donors (Lipinski definition) is 1. The smallest absolute Gasteiger partial charge is 0.191 e. The molecule has 1 aliphatic heterocycles. The zero-order valence-electron chi connectivity index (χ0n) is 12.1. The highest BCUT2D eigenvalue weighted by atomic mass is 19.1. The molecule has 5 nitrogen and oxygen atoms in total. The van der Waals surface area contributed by atoms with Crippen LogP contribution >= 0.6 is 0 Å². The van der Waals surface area contributed by atoms with Crippen LogP contribution in [-0.4, -0.2) is 28.2 Å². The van der Waals surface area contributed by atoms with Crippen molar-refractivity contribution in [3.8, 4) is 0 Å². The van der Waals surface area contributed by atoms with Gasteiger partial charge >= 0.3 is 0 Å². The van der Waals surface area contributed by atoms with E-state index in [1.165, 1.54) is 12.1 Å². The van der Waals surface area contributed by atoms with Crippen LogP contribution in [0.15, 0.2) is 23.1 Å². The number of piperidine rings is 1. The Balaban J connectivity index is 1.67. The first-order chi connectivity index (χ1) is 10.5. The second kappa shape index (κ2) is 3.87. The van der Waals surface area contributed by atoms with Gasteiger partial charge in [0.25, 0.3) is 0 Å². The van der Waals surface area contributed by atoms with Gasteiger partial charge in [-0.15, -0.1) is 0 Å². The molecule has 3 aliphatic rings. The Hall–Kier alpha value is -1.95. The van der Waals surface area contributed by atoms with Gasteiger partial charge in [-0.2, -0.15) is 0 Å². The number of aromatic nitrogens is 2. The van der Waals surface area contributed by atoms with Crippen molar-refractivity contribution >= 4 is 16.9 Å². The van der Waals surface area contributed by atoms with Crippen LogP contribution in [0.25, 0.3) is 11.0 Å². The molecule has 3 fully saturated rings. The van der Waals surface area contributed by atoms with Crippen molar-refractivity contribution in [3.05, 3.63) is 34.4 Å². The van der Waals surface area contributed by atoms with Gasteiger partial charge in [-0.3, -0.25) is 4.79 Å². The molecule has 0 aromatic carbocycles. The van der Waals surface area contributed by atoms with E-state index in [2.05, 4.69) is 4.98 Å². The summed E-state index contributed by atoms with van der Waals surface area (Å²) < 4.78 is 16.5. The highest BCUT2D eigenvalue weighted by molar-refractivity contribution is 5.77. The molecule has 1 saturated heterocycles. The molecule has 5 rings (SSSR count). The summed E-state index contributed by atoms with van der Waals surface area (Å²) in [5.41, 5.74) is 6.47. The van der Waals surface area contributed by atoms with Crippen molar-refractivity contribution in [2.75, 3.05) is 18.0 Å². The summed E-state index contributed by atoms with van der Waals surface area (Å²) in [4.78, 5) is 18.5. The van der Waals surface area contributed by atoms with Crippen LogP contribution in [0.2, 0.25) is 0 Å². The van der Waals surface area contributed by atoms with Crippen molar-refractivity contribution in [2.45, 2.75) is 30.8 Å². The molecule has 0 amide bonds. The van der Waals surface area contributed by atoms with Crippen molar-refractivity contribution in [3.63, 3.8) is 0 Å². The Labute approximate surface area is 126 Å². The Morgan fingerprint density at radius 2 is 2.23 bits per heavy atom. The van der Waals surface area contributed by atoms with Gasteiger partial charge in [-0.25, -0.2) is 9.37 Å². The van der Waals surface area contributed by atoms with E-state index in [0.29, 0.717) is 35.4 Å². The third-order valence-electron chi connectivity index (χ3n) is 5.28. The molecule has 0 radical (unpaired) electrons. The molecule has 3 heterocycles. The summed E-state index contributed by atoms with van der Waals surface area (Å²) in [5, 5.41) is 0.363. The van der Waals surface area contributed by atoms with Crippen LogP contribution in [0.4, 0.5) is 10.2 Å². The lowest BCUT2D eigenvalue weighted by atomic mass is 10.2. The third-order valence-corrected chi connectivity index (χ3v) is 5.28. The molecule has 2 aromatic heterocycles. The number of nitrogens with two attached hydrogens (primary N) is 1. The van der Waals surface area contributed by atoms with Crippen molar-refractivity contribution < 1.29 is 4.39 Å². The van der Waals surface area contributed by atoms with E-state index in [-0.39, 0.29) is 11.0 Å². The fraction of sp³-hybridized carbons (Fsp3) is 0.500. The van der Waals surface area contributed by atoms with Crippen molar-refractivity contribution in [1.29, 1.82) is 0 Å². The monoisotopic (exact) mass is 300 g/mol. The van der Waals surface area contributed by atoms with E-state index >= 15 is 0 Å². The van der Waals surface area contributed by atoms with E-state index in [1.807, 2.05) is 9.47 Å². The van der Waals surface area contributed by atoms with Crippen LogP contribution in [0.3, 0.4) is 0 Å². The summed E-state index contributed by atoms with van der Waals surface area (Å²) in [6.45, 7) is 1.40. The zero-order valence-corrected chi connectivity index (χ0v) is 12.1. The largest absolute Gasteiger partial charge is 0.352 e. The van der Waals surface area contributed by atoms with Gasteiger partial charge in [0.05, 0.1) is 5.39 Å². The van der Waals surface area contributed by atoms with Crippen molar-refractivity contribution in [2.24, 2.45) is 11.7 Å². The standard InChI is InChI=1S/C16H17FN4O/c17-12-5-11-13(22)3-4-21(10-1-2-10)14(11)19-15(12)20-7-9-6-16(9,18)8-20/h3-5,9-10H,1-2,6-8,18H2. The number of halogens is 1. The average molecular weight is 300 g/mol. The average Bonchev–Trinajstić information content (AvgIpc) is 3.39. The molecule has 2 saturated carbocycles. The molecule has 2 N–H and O–H groups in total. The fourth-order valence-electron chi connectivity index (χ4n) is 3.71. The lowest BCUT2D eigenvalue weighted by Gasteiger charge is -2.22. The first-order valence-corrected chi connectivity index (χ1v) is 7.80. The Morgan fingerprint density at radius 3 is 2.91 bits per heavy atom. The van der Waals surface area contributed by atoms with Crippen LogP contribution < -0.4 is 16.1 Å². The second-order valence-electron chi connectivity index (χ2n) is 7.00. The lowest BCUT2D eigenvalue weighted by molar-refractivity contribution is 0.608. The van der Waals surface area contributed by atoms with E-state index in [9.17, 15) is 9.18 Å². The molecule has 2 aliphatic carbocycles. The summed E-state index contributed by atoms with van der Waals surface area (Å²) in [5.74, 6) is 0.360. The molecule has 22 heavy (non-hydrogen) atoms. The van der Waals surface area contributed by atoms with E-state index in [0.717, 1.165) is 25.8 Å². The maximum Gasteiger partial charge on any atom is 0.191 e. The summed E-state index contributed by atoms with van der Waals surface area (Å²) in [7, 11) is 0. The highest BCUT2D eigenvalue weighted by Crippen LogP contribution is 2.48. The van der Waals surface area contributed by atoms with Gasteiger partial charge in [0.2, 0.25) is 0 Å². The normalized spacial score (nSPS) is 29.9. The molecule has 0 spiro atoms. The van der Waals surface area contributed by atoms with Gasteiger partial charge < -0.3 is 15.2 Å². The number of pyridine rings is 2. The van der Waals surface area contributed by atoms with E-state index < -0.39 is 5.82 Å². The first kappa shape index (κ1) is 12.6. The molecular formula is C16H17FN4O. The second-order valence-corrected chi connectivity index (χ2v) is 7.00. The third kappa shape index (κ3) is 1.67. The van der Waals surface area contributed by atoms with Gasteiger partial charge in [0.15, 0.2) is 17.1 Å². The highest BCUT2D eigenvalue weighted by Gasteiger charge is 2.57. The SMILES string of the molecule is NC12CC1CN(c1nc3c(cc1F)c(=O)ccn3C1CC1)C2. The number of nitrogens with zero attached hydrogens (tertiary/aromatic N) is 3. The van der Waals surface area contributed by atoms with E-state index in [1.54, 1.807) is 6.20 Å². The van der Waals surface area contributed by atoms with Crippen LogP contribution in [-0.2, 0) is 0 Å². The van der Waals surface area contributed by atoms with Gasteiger partial charge in [0.1, 0.15) is 5.65 Å². The molecule has 6 heteroatoms. The lowest BCUT2D eigenvalue weighted by Crippen LogP contribution is -2.34. The number of hydrogen-bond acceptors (Lipinski definition) is 4. The number of anilines is 1. The molecule has 0 bridgehead atoms. The Bertz CT molecular complexity index is 859. The van der Waals surface area contributed by atoms with Gasteiger partial charge in [0, 0.05) is 36.9 Å². The Morgan fingerprint density at radius 1 is 1.41 bits per heavy atom. The zero-order chi connectivity index (χ0) is 15.1. The van der Waals surface area contributed by atoms with Crippen LogP contribution in [0.5, 0.6) is 0 Å². The topological polar surface area (TPSA) is 64.2 Å². The Kier molecular flexibility index (Phi) is 2.21. The maximum atomic E-state index is 14.5. The summed E-state index contributed by atoms with van der Waals surface area (Å²) in [6.07, 6.45) is 4.97. The molecule has 2 unspecified atom stereocenters. The van der Waals surface area contributed by atoms with Crippen molar-refractivity contribution in [1.82, 2.24) is 9.55 Å².